The van der Waals surface area contributed by atoms with Gasteiger partial charge in [-0.2, -0.15) is 0 Å². The van der Waals surface area contributed by atoms with Crippen molar-refractivity contribution in [2.75, 3.05) is 34.2 Å². The van der Waals surface area contributed by atoms with Crippen molar-refractivity contribution in [3.8, 4) is 0 Å². The molecule has 0 atom stereocenters. The van der Waals surface area contributed by atoms with Gasteiger partial charge in [-0.3, -0.25) is 5.41 Å². The van der Waals surface area contributed by atoms with E-state index in [4.69, 9.17) is 11.1 Å². The molecule has 3 N–H and O–H groups in total. The number of rotatable bonds is 7. The van der Waals surface area contributed by atoms with Gasteiger partial charge < -0.3 is 15.5 Å². The van der Waals surface area contributed by atoms with E-state index in [-0.39, 0.29) is 5.84 Å². The highest BCUT2D eigenvalue weighted by molar-refractivity contribution is 5.94. The molecule has 0 bridgehead atoms. The third-order valence-electron chi connectivity index (χ3n) is 2.86. The Balaban J connectivity index is 2.39. The SMILES string of the molecule is CN(C)CCCN(C)Cc1ccc(C(=N)N)cc1. The van der Waals surface area contributed by atoms with Crippen molar-refractivity contribution in [2.45, 2.75) is 13.0 Å². The second kappa shape index (κ2) is 7.13. The Bertz CT molecular complexity index is 370. The monoisotopic (exact) mass is 248 g/mol. The third kappa shape index (κ3) is 5.29. The summed E-state index contributed by atoms with van der Waals surface area (Å²) in [6.07, 6.45) is 1.18. The fourth-order valence-electron chi connectivity index (χ4n) is 1.84. The average molecular weight is 248 g/mol. The maximum Gasteiger partial charge on any atom is 0.122 e. The van der Waals surface area contributed by atoms with Gasteiger partial charge in [-0.25, -0.2) is 0 Å². The number of nitrogens with two attached hydrogens (primary N) is 1. The van der Waals surface area contributed by atoms with Gasteiger partial charge in [-0.05, 0) is 46.2 Å². The highest BCUT2D eigenvalue weighted by Crippen LogP contribution is 2.06. The molecule has 0 fully saturated rings. The Labute approximate surface area is 110 Å². The molecule has 0 unspecified atom stereocenters. The molecule has 0 saturated heterocycles. The Morgan fingerprint density at radius 1 is 1.11 bits per heavy atom. The second-order valence-corrected chi connectivity index (χ2v) is 5.01. The normalized spacial score (nSPS) is 11.2. The summed E-state index contributed by atoms with van der Waals surface area (Å²) >= 11 is 0. The number of amidine groups is 1. The van der Waals surface area contributed by atoms with E-state index in [0.29, 0.717) is 0 Å². The molecule has 1 aromatic rings. The van der Waals surface area contributed by atoms with Crippen molar-refractivity contribution < 1.29 is 0 Å². The summed E-state index contributed by atoms with van der Waals surface area (Å²) in [5.74, 6) is 0.126. The zero-order valence-electron chi connectivity index (χ0n) is 11.6. The van der Waals surface area contributed by atoms with Crippen LogP contribution in [-0.2, 0) is 6.54 Å². The zero-order valence-corrected chi connectivity index (χ0v) is 11.6. The molecule has 100 valence electrons. The molecular weight excluding hydrogens is 224 g/mol. The van der Waals surface area contributed by atoms with Crippen LogP contribution in [0, 0.1) is 5.41 Å². The molecule has 4 heteroatoms. The highest BCUT2D eigenvalue weighted by Gasteiger charge is 2.02. The molecule has 0 aliphatic carbocycles. The number of nitrogens with one attached hydrogen (secondary N) is 1. The van der Waals surface area contributed by atoms with Gasteiger partial charge in [0.25, 0.3) is 0 Å². The van der Waals surface area contributed by atoms with Crippen LogP contribution in [-0.4, -0.2) is 49.9 Å². The molecule has 1 aromatic carbocycles. The molecule has 0 radical (unpaired) electrons. The van der Waals surface area contributed by atoms with Gasteiger partial charge in [0.05, 0.1) is 0 Å². The number of hydrogen-bond donors (Lipinski definition) is 2. The van der Waals surface area contributed by atoms with Crippen molar-refractivity contribution in [2.24, 2.45) is 5.73 Å². The van der Waals surface area contributed by atoms with Crippen LogP contribution in [0.15, 0.2) is 24.3 Å². The van der Waals surface area contributed by atoms with Crippen molar-refractivity contribution in [1.29, 1.82) is 5.41 Å². The molecule has 0 heterocycles. The molecule has 0 amide bonds. The van der Waals surface area contributed by atoms with Crippen molar-refractivity contribution in [1.82, 2.24) is 9.80 Å². The lowest BCUT2D eigenvalue weighted by molar-refractivity contribution is 0.294. The fraction of sp³-hybridized carbons (Fsp3) is 0.500. The van der Waals surface area contributed by atoms with Crippen LogP contribution >= 0.6 is 0 Å². The van der Waals surface area contributed by atoms with Gasteiger partial charge in [0.1, 0.15) is 5.84 Å². The highest BCUT2D eigenvalue weighted by atomic mass is 15.1. The second-order valence-electron chi connectivity index (χ2n) is 5.01. The minimum Gasteiger partial charge on any atom is -0.384 e. The summed E-state index contributed by atoms with van der Waals surface area (Å²) in [6, 6.07) is 7.90. The first-order valence-corrected chi connectivity index (χ1v) is 6.25. The van der Waals surface area contributed by atoms with Crippen LogP contribution in [0.25, 0.3) is 0 Å². The van der Waals surface area contributed by atoms with Crippen LogP contribution < -0.4 is 5.73 Å². The van der Waals surface area contributed by atoms with Crippen molar-refractivity contribution in [3.63, 3.8) is 0 Å². The Morgan fingerprint density at radius 2 is 1.72 bits per heavy atom. The smallest absolute Gasteiger partial charge is 0.122 e. The predicted molar refractivity (Wildman–Crippen MR) is 77.0 cm³/mol. The minimum atomic E-state index is 0.126. The first-order valence-electron chi connectivity index (χ1n) is 6.25. The molecule has 18 heavy (non-hydrogen) atoms. The first-order chi connectivity index (χ1) is 8.49. The molecule has 1 rings (SSSR count). The third-order valence-corrected chi connectivity index (χ3v) is 2.86. The van der Waals surface area contributed by atoms with E-state index in [1.165, 1.54) is 12.0 Å². The quantitative estimate of drug-likeness (QED) is 0.566. The van der Waals surface area contributed by atoms with Crippen LogP contribution in [0.1, 0.15) is 17.5 Å². The van der Waals surface area contributed by atoms with E-state index >= 15 is 0 Å². The molecule has 0 spiro atoms. The van der Waals surface area contributed by atoms with Gasteiger partial charge in [-0.15, -0.1) is 0 Å². The topological polar surface area (TPSA) is 56.4 Å². The molecule has 0 saturated carbocycles. The van der Waals surface area contributed by atoms with Crippen molar-refractivity contribution >= 4 is 5.84 Å². The molecule has 0 aromatic heterocycles. The van der Waals surface area contributed by atoms with Crippen LogP contribution in [0.2, 0.25) is 0 Å². The van der Waals surface area contributed by atoms with E-state index in [0.717, 1.165) is 25.2 Å². The fourth-order valence-corrected chi connectivity index (χ4v) is 1.84. The van der Waals surface area contributed by atoms with E-state index in [2.05, 4.69) is 30.9 Å². The standard InChI is InChI=1S/C14H24N4/c1-17(2)9-4-10-18(3)11-12-5-7-13(8-6-12)14(15)16/h5-8H,4,9-11H2,1-3H3,(H3,15,16). The van der Waals surface area contributed by atoms with Gasteiger partial charge >= 0.3 is 0 Å². The van der Waals surface area contributed by atoms with E-state index in [1.807, 2.05) is 24.3 Å². The Morgan fingerprint density at radius 3 is 2.22 bits per heavy atom. The van der Waals surface area contributed by atoms with Crippen LogP contribution in [0.4, 0.5) is 0 Å². The lowest BCUT2D eigenvalue weighted by Gasteiger charge is -2.18. The number of nitrogens with zero attached hydrogens (tertiary/aromatic N) is 2. The maximum absolute atomic E-state index is 7.34. The number of hydrogen-bond acceptors (Lipinski definition) is 3. The summed E-state index contributed by atoms with van der Waals surface area (Å²) < 4.78 is 0. The van der Waals surface area contributed by atoms with Gasteiger partial charge in [-0.1, -0.05) is 24.3 Å². The van der Waals surface area contributed by atoms with Gasteiger partial charge in [0.2, 0.25) is 0 Å². The maximum atomic E-state index is 7.34. The Kier molecular flexibility index (Phi) is 5.82. The van der Waals surface area contributed by atoms with E-state index < -0.39 is 0 Å². The lowest BCUT2D eigenvalue weighted by Crippen LogP contribution is -2.23. The first kappa shape index (κ1) is 14.7. The molecule has 0 aliphatic rings. The summed E-state index contributed by atoms with van der Waals surface area (Å²) in [5.41, 5.74) is 7.47. The summed E-state index contributed by atoms with van der Waals surface area (Å²) in [6.45, 7) is 3.14. The lowest BCUT2D eigenvalue weighted by atomic mass is 10.1. The summed E-state index contributed by atoms with van der Waals surface area (Å²) in [5, 5.41) is 7.34. The Hall–Kier alpha value is -1.39. The summed E-state index contributed by atoms with van der Waals surface area (Å²) in [4.78, 5) is 4.52. The van der Waals surface area contributed by atoms with E-state index in [9.17, 15) is 0 Å². The average Bonchev–Trinajstić information content (AvgIpc) is 2.29. The zero-order chi connectivity index (χ0) is 13.5. The van der Waals surface area contributed by atoms with Gasteiger partial charge in [0.15, 0.2) is 0 Å². The molecule has 0 aliphatic heterocycles. The van der Waals surface area contributed by atoms with Crippen molar-refractivity contribution in [3.05, 3.63) is 35.4 Å². The van der Waals surface area contributed by atoms with Crippen LogP contribution in [0.5, 0.6) is 0 Å². The van der Waals surface area contributed by atoms with Crippen LogP contribution in [0.3, 0.4) is 0 Å². The largest absolute Gasteiger partial charge is 0.384 e. The number of benzene rings is 1. The minimum absolute atomic E-state index is 0.126. The number of nitrogen functional groups attached to an aromatic ring is 1. The molecular formula is C14H24N4. The van der Waals surface area contributed by atoms with Gasteiger partial charge in [0, 0.05) is 12.1 Å². The molecule has 4 nitrogen and oxygen atoms in total. The van der Waals surface area contributed by atoms with E-state index in [1.54, 1.807) is 0 Å². The summed E-state index contributed by atoms with van der Waals surface area (Å²) in [7, 11) is 6.33. The predicted octanol–water partition coefficient (Wildman–Crippen LogP) is 1.35.